The predicted octanol–water partition coefficient (Wildman–Crippen LogP) is -0.931. The summed E-state index contributed by atoms with van der Waals surface area (Å²) >= 11 is 0. The lowest BCUT2D eigenvalue weighted by Gasteiger charge is -2.20. The number of nitrogens with two attached hydrogens (primary N) is 1. The first-order chi connectivity index (χ1) is 7.88. The number of carbonyl (C=O) groups excluding carboxylic acids is 3. The average Bonchev–Trinajstić information content (AvgIpc) is 2.22. The van der Waals surface area contributed by atoms with Crippen LogP contribution in [-0.2, 0) is 19.1 Å². The molecular weight excluding hydrogens is 226 g/mol. The molecule has 0 aromatic rings. The van der Waals surface area contributed by atoms with Crippen LogP contribution in [0.15, 0.2) is 0 Å². The van der Waals surface area contributed by atoms with Gasteiger partial charge in [0.2, 0.25) is 5.91 Å². The van der Waals surface area contributed by atoms with E-state index in [0.717, 1.165) is 6.92 Å². The lowest BCUT2D eigenvalue weighted by atomic mass is 9.98. The van der Waals surface area contributed by atoms with Gasteiger partial charge in [-0.05, 0) is 5.92 Å². The van der Waals surface area contributed by atoms with Crippen molar-refractivity contribution < 1.29 is 19.1 Å². The van der Waals surface area contributed by atoms with Gasteiger partial charge in [-0.2, -0.15) is 5.26 Å². The summed E-state index contributed by atoms with van der Waals surface area (Å²) in [5.41, 5.74) is 5.10. The first-order valence-corrected chi connectivity index (χ1v) is 4.97. The number of ether oxygens (including phenoxy) is 1. The molecule has 7 nitrogen and oxygen atoms in total. The van der Waals surface area contributed by atoms with Crippen molar-refractivity contribution in [1.82, 2.24) is 5.32 Å². The average molecular weight is 241 g/mol. The minimum atomic E-state index is -0.947. The highest BCUT2D eigenvalue weighted by Gasteiger charge is 2.24. The number of primary amides is 1. The van der Waals surface area contributed by atoms with Gasteiger partial charge in [-0.3, -0.25) is 14.4 Å². The molecule has 0 rings (SSSR count). The molecule has 2 atom stereocenters. The van der Waals surface area contributed by atoms with Crippen LogP contribution in [0.1, 0.15) is 20.3 Å². The predicted molar refractivity (Wildman–Crippen MR) is 57.2 cm³/mol. The van der Waals surface area contributed by atoms with E-state index < -0.39 is 36.4 Å². The number of nitrogens with zero attached hydrogens (tertiary/aromatic N) is 1. The zero-order valence-electron chi connectivity index (χ0n) is 9.73. The van der Waals surface area contributed by atoms with Crippen LogP contribution in [0.25, 0.3) is 0 Å². The van der Waals surface area contributed by atoms with E-state index in [9.17, 15) is 14.4 Å². The number of nitriles is 1. The molecule has 0 fully saturated rings. The van der Waals surface area contributed by atoms with Gasteiger partial charge >= 0.3 is 5.97 Å². The minimum absolute atomic E-state index is 0.0848. The Morgan fingerprint density at radius 2 is 2.06 bits per heavy atom. The highest BCUT2D eigenvalue weighted by molar-refractivity contribution is 5.88. The van der Waals surface area contributed by atoms with Crippen LogP contribution >= 0.6 is 0 Å². The molecule has 0 bridgehead atoms. The zero-order chi connectivity index (χ0) is 13.4. The Morgan fingerprint density at radius 1 is 1.47 bits per heavy atom. The van der Waals surface area contributed by atoms with Crippen LogP contribution in [0.2, 0.25) is 0 Å². The number of hydrogen-bond acceptors (Lipinski definition) is 5. The van der Waals surface area contributed by atoms with E-state index in [0.29, 0.717) is 0 Å². The summed E-state index contributed by atoms with van der Waals surface area (Å²) in [6.45, 7) is 2.31. The molecule has 17 heavy (non-hydrogen) atoms. The van der Waals surface area contributed by atoms with Crippen LogP contribution in [0, 0.1) is 17.2 Å². The van der Waals surface area contributed by atoms with Gasteiger partial charge < -0.3 is 15.8 Å². The first-order valence-electron chi connectivity index (χ1n) is 4.97. The number of esters is 1. The molecule has 0 aliphatic rings. The van der Waals surface area contributed by atoms with E-state index in [-0.39, 0.29) is 6.42 Å². The van der Waals surface area contributed by atoms with E-state index in [1.165, 1.54) is 0 Å². The molecule has 0 aliphatic heterocycles. The maximum Gasteiger partial charge on any atom is 0.303 e. The molecule has 0 radical (unpaired) electrons. The van der Waals surface area contributed by atoms with Gasteiger partial charge in [-0.25, -0.2) is 0 Å². The van der Waals surface area contributed by atoms with E-state index in [1.54, 1.807) is 6.92 Å². The molecular formula is C10H15N3O4. The molecule has 94 valence electrons. The standard InChI is InChI=1S/C10H15N3O4/c1-6(3-4-11)9(10(12)16)13-8(15)5-17-7(2)14/h6,9H,3,5H2,1-2H3,(H2,12,16)(H,13,15)/t6-,9+/m1/s1. The Labute approximate surface area is 98.9 Å². The normalized spacial score (nSPS) is 13.0. The van der Waals surface area contributed by atoms with Crippen molar-refractivity contribution in [2.75, 3.05) is 6.61 Å². The lowest BCUT2D eigenvalue weighted by molar-refractivity contribution is -0.146. The summed E-state index contributed by atoms with van der Waals surface area (Å²) < 4.78 is 4.46. The van der Waals surface area contributed by atoms with Gasteiger partial charge in [0.25, 0.3) is 5.91 Å². The fourth-order valence-corrected chi connectivity index (χ4v) is 1.14. The van der Waals surface area contributed by atoms with Crippen LogP contribution in [-0.4, -0.2) is 30.4 Å². The van der Waals surface area contributed by atoms with Crippen molar-refractivity contribution in [3.63, 3.8) is 0 Å². The van der Waals surface area contributed by atoms with Crippen molar-refractivity contribution >= 4 is 17.8 Å². The Balaban J connectivity index is 4.35. The molecule has 3 N–H and O–H groups in total. The Morgan fingerprint density at radius 3 is 2.47 bits per heavy atom. The quantitative estimate of drug-likeness (QED) is 0.581. The molecule has 0 aromatic heterocycles. The van der Waals surface area contributed by atoms with E-state index in [1.807, 2.05) is 6.07 Å². The number of amides is 2. The highest BCUT2D eigenvalue weighted by atomic mass is 16.5. The molecule has 0 spiro atoms. The van der Waals surface area contributed by atoms with Gasteiger partial charge in [-0.15, -0.1) is 0 Å². The van der Waals surface area contributed by atoms with E-state index >= 15 is 0 Å². The van der Waals surface area contributed by atoms with Crippen molar-refractivity contribution in [3.8, 4) is 6.07 Å². The van der Waals surface area contributed by atoms with E-state index in [4.69, 9.17) is 11.0 Å². The summed E-state index contributed by atoms with van der Waals surface area (Å²) in [4.78, 5) is 32.8. The third-order valence-corrected chi connectivity index (χ3v) is 2.01. The van der Waals surface area contributed by atoms with Crippen LogP contribution in [0.4, 0.5) is 0 Å². The van der Waals surface area contributed by atoms with Gasteiger partial charge in [0.05, 0.1) is 6.07 Å². The summed E-state index contributed by atoms with van der Waals surface area (Å²) in [5.74, 6) is -2.36. The summed E-state index contributed by atoms with van der Waals surface area (Å²) in [6, 6.07) is 0.935. The Kier molecular flexibility index (Phi) is 6.33. The molecule has 0 aliphatic carbocycles. The van der Waals surface area contributed by atoms with Gasteiger partial charge in [-0.1, -0.05) is 6.92 Å². The maximum atomic E-state index is 11.3. The lowest BCUT2D eigenvalue weighted by Crippen LogP contribution is -2.49. The molecule has 2 amide bonds. The smallest absolute Gasteiger partial charge is 0.303 e. The highest BCUT2D eigenvalue weighted by Crippen LogP contribution is 2.07. The monoisotopic (exact) mass is 241 g/mol. The summed E-state index contributed by atoms with van der Waals surface area (Å²) in [6.07, 6.45) is 0.0848. The number of nitrogens with one attached hydrogen (secondary N) is 1. The summed E-state index contributed by atoms with van der Waals surface area (Å²) in [5, 5.41) is 10.8. The fraction of sp³-hybridized carbons (Fsp3) is 0.600. The first kappa shape index (κ1) is 14.9. The van der Waals surface area contributed by atoms with Crippen molar-refractivity contribution in [1.29, 1.82) is 5.26 Å². The molecule has 0 aromatic carbocycles. The molecule has 7 heteroatoms. The number of carbonyl (C=O) groups is 3. The SMILES string of the molecule is CC(=O)OCC(=O)N[C@H](C(N)=O)[C@H](C)CC#N. The largest absolute Gasteiger partial charge is 0.456 e. The topological polar surface area (TPSA) is 122 Å². The van der Waals surface area contributed by atoms with Gasteiger partial charge in [0, 0.05) is 13.3 Å². The second-order valence-corrected chi connectivity index (χ2v) is 3.57. The Bertz CT molecular complexity index is 348. The fourth-order valence-electron chi connectivity index (χ4n) is 1.14. The van der Waals surface area contributed by atoms with Crippen molar-refractivity contribution in [2.24, 2.45) is 11.7 Å². The Hall–Kier alpha value is -2.10. The third kappa shape index (κ3) is 6.14. The summed E-state index contributed by atoms with van der Waals surface area (Å²) in [7, 11) is 0. The van der Waals surface area contributed by atoms with Crippen molar-refractivity contribution in [2.45, 2.75) is 26.3 Å². The van der Waals surface area contributed by atoms with Crippen LogP contribution < -0.4 is 11.1 Å². The minimum Gasteiger partial charge on any atom is -0.456 e. The maximum absolute atomic E-state index is 11.3. The van der Waals surface area contributed by atoms with E-state index in [2.05, 4.69) is 10.1 Å². The molecule has 0 heterocycles. The molecule has 0 saturated heterocycles. The van der Waals surface area contributed by atoms with Crippen LogP contribution in [0.5, 0.6) is 0 Å². The third-order valence-electron chi connectivity index (χ3n) is 2.01. The molecule has 0 unspecified atom stereocenters. The van der Waals surface area contributed by atoms with Gasteiger partial charge in [0.15, 0.2) is 6.61 Å². The number of hydrogen-bond donors (Lipinski definition) is 2. The second kappa shape index (κ2) is 7.22. The zero-order valence-corrected chi connectivity index (χ0v) is 9.73. The molecule has 0 saturated carbocycles. The second-order valence-electron chi connectivity index (χ2n) is 3.57. The number of rotatable bonds is 6. The van der Waals surface area contributed by atoms with Crippen LogP contribution in [0.3, 0.4) is 0 Å². The van der Waals surface area contributed by atoms with Gasteiger partial charge in [0.1, 0.15) is 6.04 Å². The van der Waals surface area contributed by atoms with Crippen molar-refractivity contribution in [3.05, 3.63) is 0 Å².